The number of hydrogen-bond donors (Lipinski definition) is 2. The molecular formula is C15H18N2O2S. The number of nitrogens with two attached hydrogens (primary N) is 1. The molecule has 0 aliphatic heterocycles. The third-order valence-corrected chi connectivity index (χ3v) is 3.98. The highest BCUT2D eigenvalue weighted by atomic mass is 32.1. The second kappa shape index (κ2) is 6.54. The van der Waals surface area contributed by atoms with Crippen LogP contribution in [0.4, 0.5) is 0 Å². The normalized spacial score (nSPS) is 10.6. The Kier molecular flexibility index (Phi) is 4.76. The maximum atomic E-state index is 11.5. The predicted octanol–water partition coefficient (Wildman–Crippen LogP) is 3.05. The van der Waals surface area contributed by atoms with Crippen LogP contribution in [-0.4, -0.2) is 5.91 Å². The molecule has 0 radical (unpaired) electrons. The Bertz CT molecular complexity index is 576. The van der Waals surface area contributed by atoms with Gasteiger partial charge in [-0.3, -0.25) is 10.2 Å². The molecule has 1 heterocycles. The summed E-state index contributed by atoms with van der Waals surface area (Å²) in [6.45, 7) is 4.66. The molecule has 1 aromatic heterocycles. The van der Waals surface area contributed by atoms with Crippen molar-refractivity contribution in [3.63, 3.8) is 0 Å². The number of rotatable bonds is 5. The van der Waals surface area contributed by atoms with E-state index in [2.05, 4.69) is 31.4 Å². The number of ether oxygens (including phenoxy) is 1. The molecule has 106 valence electrons. The standard InChI is InChI=1S/C15H18N2O2S/c1-10(2)11-3-5-13(6-4-11)19-9-12-7-8-20-14(12)15(18)17-16/h3-8,10H,9,16H2,1-2H3,(H,17,18). The van der Waals surface area contributed by atoms with Gasteiger partial charge in [-0.05, 0) is 35.1 Å². The van der Waals surface area contributed by atoms with Crippen molar-refractivity contribution in [3.8, 4) is 5.75 Å². The molecule has 20 heavy (non-hydrogen) atoms. The van der Waals surface area contributed by atoms with Gasteiger partial charge in [0.15, 0.2) is 0 Å². The zero-order valence-corrected chi connectivity index (χ0v) is 12.4. The zero-order chi connectivity index (χ0) is 14.5. The van der Waals surface area contributed by atoms with Crippen molar-refractivity contribution in [3.05, 3.63) is 51.7 Å². The van der Waals surface area contributed by atoms with Gasteiger partial charge in [0.25, 0.3) is 5.91 Å². The lowest BCUT2D eigenvalue weighted by Crippen LogP contribution is -2.30. The highest BCUT2D eigenvalue weighted by Crippen LogP contribution is 2.21. The van der Waals surface area contributed by atoms with Gasteiger partial charge >= 0.3 is 0 Å². The fourth-order valence-electron chi connectivity index (χ4n) is 1.82. The molecule has 0 aliphatic rings. The quantitative estimate of drug-likeness (QED) is 0.505. The molecule has 0 unspecified atom stereocenters. The molecule has 4 nitrogen and oxygen atoms in total. The van der Waals surface area contributed by atoms with E-state index in [1.165, 1.54) is 16.9 Å². The average Bonchev–Trinajstić information content (AvgIpc) is 2.93. The first-order valence-electron chi connectivity index (χ1n) is 6.42. The summed E-state index contributed by atoms with van der Waals surface area (Å²) in [5.41, 5.74) is 4.25. The van der Waals surface area contributed by atoms with Crippen molar-refractivity contribution >= 4 is 17.2 Å². The summed E-state index contributed by atoms with van der Waals surface area (Å²) in [6, 6.07) is 9.88. The van der Waals surface area contributed by atoms with E-state index in [9.17, 15) is 4.79 Å². The largest absolute Gasteiger partial charge is 0.489 e. The molecule has 2 rings (SSSR count). The van der Waals surface area contributed by atoms with Crippen molar-refractivity contribution in [2.75, 3.05) is 0 Å². The molecule has 2 aromatic rings. The van der Waals surface area contributed by atoms with E-state index in [0.29, 0.717) is 17.4 Å². The van der Waals surface area contributed by atoms with Gasteiger partial charge in [-0.25, -0.2) is 5.84 Å². The summed E-state index contributed by atoms with van der Waals surface area (Å²) in [5.74, 6) is 6.16. The summed E-state index contributed by atoms with van der Waals surface area (Å²) in [6.07, 6.45) is 0. The van der Waals surface area contributed by atoms with Crippen molar-refractivity contribution < 1.29 is 9.53 Å². The van der Waals surface area contributed by atoms with Gasteiger partial charge in [0.1, 0.15) is 12.4 Å². The van der Waals surface area contributed by atoms with E-state index < -0.39 is 0 Å². The van der Waals surface area contributed by atoms with Gasteiger partial charge < -0.3 is 4.74 Å². The van der Waals surface area contributed by atoms with Crippen LogP contribution >= 0.6 is 11.3 Å². The van der Waals surface area contributed by atoms with E-state index in [1.807, 2.05) is 23.6 Å². The first-order chi connectivity index (χ1) is 9.61. The van der Waals surface area contributed by atoms with Gasteiger partial charge in [-0.15, -0.1) is 11.3 Å². The fourth-order valence-corrected chi connectivity index (χ4v) is 2.64. The SMILES string of the molecule is CC(C)c1ccc(OCc2ccsc2C(=O)NN)cc1. The lowest BCUT2D eigenvalue weighted by Gasteiger charge is -2.09. The van der Waals surface area contributed by atoms with E-state index in [-0.39, 0.29) is 5.91 Å². The van der Waals surface area contributed by atoms with Crippen LogP contribution in [0.25, 0.3) is 0 Å². The molecule has 0 fully saturated rings. The fraction of sp³-hybridized carbons (Fsp3) is 0.267. The van der Waals surface area contributed by atoms with Crippen LogP contribution in [0.5, 0.6) is 5.75 Å². The minimum absolute atomic E-state index is 0.284. The number of nitrogens with one attached hydrogen (secondary N) is 1. The molecule has 0 bridgehead atoms. The number of benzene rings is 1. The van der Waals surface area contributed by atoms with Crippen LogP contribution in [0.1, 0.15) is 40.6 Å². The lowest BCUT2D eigenvalue weighted by atomic mass is 10.0. The smallest absolute Gasteiger partial charge is 0.275 e. The molecule has 0 atom stereocenters. The number of hydrogen-bond acceptors (Lipinski definition) is 4. The third-order valence-electron chi connectivity index (χ3n) is 3.03. The van der Waals surface area contributed by atoms with Crippen molar-refractivity contribution in [1.82, 2.24) is 5.43 Å². The van der Waals surface area contributed by atoms with Crippen LogP contribution in [0.2, 0.25) is 0 Å². The average molecular weight is 290 g/mol. The molecule has 0 spiro atoms. The Morgan fingerprint density at radius 3 is 2.60 bits per heavy atom. The van der Waals surface area contributed by atoms with Crippen LogP contribution in [0, 0.1) is 0 Å². The molecule has 0 saturated heterocycles. The van der Waals surface area contributed by atoms with E-state index in [1.54, 1.807) is 0 Å². The van der Waals surface area contributed by atoms with E-state index in [0.717, 1.165) is 11.3 Å². The van der Waals surface area contributed by atoms with Crippen LogP contribution in [0.15, 0.2) is 35.7 Å². The molecule has 1 amide bonds. The summed E-state index contributed by atoms with van der Waals surface area (Å²) < 4.78 is 5.71. The first-order valence-corrected chi connectivity index (χ1v) is 7.30. The monoisotopic (exact) mass is 290 g/mol. The lowest BCUT2D eigenvalue weighted by molar-refractivity contribution is 0.0955. The van der Waals surface area contributed by atoms with E-state index in [4.69, 9.17) is 10.6 Å². The zero-order valence-electron chi connectivity index (χ0n) is 11.6. The number of thiophene rings is 1. The Balaban J connectivity index is 2.02. The Morgan fingerprint density at radius 2 is 2.00 bits per heavy atom. The van der Waals surface area contributed by atoms with Gasteiger partial charge in [0.05, 0.1) is 4.88 Å². The number of hydrazine groups is 1. The number of carbonyl (C=O) groups is 1. The second-order valence-corrected chi connectivity index (χ2v) is 5.68. The molecule has 1 aromatic carbocycles. The summed E-state index contributed by atoms with van der Waals surface area (Å²) >= 11 is 1.35. The van der Waals surface area contributed by atoms with Gasteiger partial charge in [0.2, 0.25) is 0 Å². The number of amides is 1. The highest BCUT2D eigenvalue weighted by Gasteiger charge is 2.12. The summed E-state index contributed by atoms with van der Waals surface area (Å²) in [4.78, 5) is 12.1. The molecule has 0 saturated carbocycles. The minimum atomic E-state index is -0.284. The van der Waals surface area contributed by atoms with E-state index >= 15 is 0 Å². The maximum Gasteiger partial charge on any atom is 0.275 e. The van der Waals surface area contributed by atoms with Crippen molar-refractivity contribution in [2.24, 2.45) is 5.84 Å². The van der Waals surface area contributed by atoms with Gasteiger partial charge in [0, 0.05) is 5.56 Å². The number of carbonyl (C=O) groups excluding carboxylic acids is 1. The van der Waals surface area contributed by atoms with Gasteiger partial charge in [-0.1, -0.05) is 26.0 Å². The number of nitrogen functional groups attached to an aromatic ring is 1. The minimum Gasteiger partial charge on any atom is -0.489 e. The highest BCUT2D eigenvalue weighted by molar-refractivity contribution is 7.12. The predicted molar refractivity (Wildman–Crippen MR) is 80.8 cm³/mol. The third kappa shape index (κ3) is 3.37. The topological polar surface area (TPSA) is 64.3 Å². The summed E-state index contributed by atoms with van der Waals surface area (Å²) in [7, 11) is 0. The maximum absolute atomic E-state index is 11.5. The Labute approximate surface area is 122 Å². The van der Waals surface area contributed by atoms with Crippen molar-refractivity contribution in [2.45, 2.75) is 26.4 Å². The van der Waals surface area contributed by atoms with Crippen molar-refractivity contribution in [1.29, 1.82) is 0 Å². The molecular weight excluding hydrogens is 272 g/mol. The van der Waals surface area contributed by atoms with Crippen LogP contribution in [-0.2, 0) is 6.61 Å². The molecule has 3 N–H and O–H groups in total. The van der Waals surface area contributed by atoms with Crippen LogP contribution in [0.3, 0.4) is 0 Å². The summed E-state index contributed by atoms with van der Waals surface area (Å²) in [5, 5.41) is 1.85. The molecule has 5 heteroatoms. The second-order valence-electron chi connectivity index (χ2n) is 4.76. The first kappa shape index (κ1) is 14.6. The Hall–Kier alpha value is -1.85. The van der Waals surface area contributed by atoms with Crippen LogP contribution < -0.4 is 16.0 Å². The van der Waals surface area contributed by atoms with Gasteiger partial charge in [-0.2, -0.15) is 0 Å². The molecule has 0 aliphatic carbocycles. The Morgan fingerprint density at radius 1 is 1.30 bits per heavy atom.